The van der Waals surface area contributed by atoms with Gasteiger partial charge in [-0.15, -0.1) is 23.3 Å². The zero-order chi connectivity index (χ0) is 30.9. The van der Waals surface area contributed by atoms with E-state index in [1.54, 1.807) is 11.8 Å². The summed E-state index contributed by atoms with van der Waals surface area (Å²) < 4.78 is 15.7. The van der Waals surface area contributed by atoms with Crippen molar-refractivity contribution in [3.63, 3.8) is 0 Å². The van der Waals surface area contributed by atoms with Crippen molar-refractivity contribution in [1.29, 1.82) is 0 Å². The maximum absolute atomic E-state index is 6.90. The molecule has 4 atom stereocenters. The van der Waals surface area contributed by atoms with Crippen molar-refractivity contribution in [3.05, 3.63) is 108 Å². The summed E-state index contributed by atoms with van der Waals surface area (Å²) in [5, 5.41) is 2.33. The van der Waals surface area contributed by atoms with Crippen molar-refractivity contribution in [2.45, 2.75) is 62.5 Å². The third kappa shape index (κ3) is 3.80. The number of pyridine rings is 1. The molecule has 2 aromatic heterocycles. The topological polar surface area (TPSA) is 48.6 Å². The first-order chi connectivity index (χ1) is 21.6. The molecule has 0 radical (unpaired) electrons. The molecule has 2 aliphatic heterocycles. The molecule has 0 spiro atoms. The maximum atomic E-state index is 6.90. The Hall–Kier alpha value is -3.60. The van der Waals surface area contributed by atoms with Crippen molar-refractivity contribution in [1.82, 2.24) is 9.55 Å². The van der Waals surface area contributed by atoms with E-state index in [4.69, 9.17) is 19.5 Å². The van der Waals surface area contributed by atoms with Crippen LogP contribution < -0.4 is 4.74 Å². The molecule has 0 N–H and O–H groups in total. The standard InChI is InChI=1S/C39H33N3O2S.Pt/c1-22-17-24(36-41-38(5)29-14-8-7-13-28(29)37(3,4)39(38,6)44-36)20-25(18-22)43-31-21-30-33(19-23(31)2)45-32-15-9-11-26-27-12-10-16-40-35(27)42(30)34(26)32;/h7-19,28-29H,1-6H3;/q-2;+2/t28?,29?,38-,39+;/m1./s1. The number of para-hydroxylation sites is 1. The maximum Gasteiger partial charge on any atom is 2.00 e. The van der Waals surface area contributed by atoms with Gasteiger partial charge in [0, 0.05) is 44.7 Å². The van der Waals surface area contributed by atoms with E-state index in [-0.39, 0.29) is 32.4 Å². The number of hydrogen-bond acceptors (Lipinski definition) is 5. The largest absolute Gasteiger partial charge is 2.00 e. The Morgan fingerprint density at radius 1 is 0.913 bits per heavy atom. The number of fused-ring (bicyclic) bond motifs is 8. The minimum Gasteiger partial charge on any atom is -0.511 e. The number of hydrogen-bond donors (Lipinski definition) is 0. The third-order valence-corrected chi connectivity index (χ3v) is 12.1. The molecule has 2 aliphatic carbocycles. The summed E-state index contributed by atoms with van der Waals surface area (Å²) in [6.45, 7) is 13.3. The van der Waals surface area contributed by atoms with Gasteiger partial charge in [0.2, 0.25) is 0 Å². The van der Waals surface area contributed by atoms with Crippen LogP contribution in [0.3, 0.4) is 0 Å². The number of aromatic nitrogens is 2. The first-order valence-corrected chi connectivity index (χ1v) is 16.4. The zero-order valence-electron chi connectivity index (χ0n) is 26.5. The van der Waals surface area contributed by atoms with Gasteiger partial charge in [0.25, 0.3) is 0 Å². The molecule has 46 heavy (non-hydrogen) atoms. The van der Waals surface area contributed by atoms with Gasteiger partial charge in [-0.25, -0.2) is 4.98 Å². The van der Waals surface area contributed by atoms with Crippen LogP contribution in [-0.4, -0.2) is 26.6 Å². The molecule has 0 bridgehead atoms. The summed E-state index contributed by atoms with van der Waals surface area (Å²) in [4.78, 5) is 12.5. The third-order valence-electron chi connectivity index (χ3n) is 11.0. The number of rotatable bonds is 3. The van der Waals surface area contributed by atoms with Crippen LogP contribution in [0, 0.1) is 43.2 Å². The van der Waals surface area contributed by atoms with Crippen LogP contribution in [-0.2, 0) is 25.8 Å². The Morgan fingerprint density at radius 3 is 2.52 bits per heavy atom. The van der Waals surface area contributed by atoms with Crippen LogP contribution in [0.1, 0.15) is 44.4 Å². The molecule has 0 saturated heterocycles. The second-order valence-electron chi connectivity index (χ2n) is 13.7. The molecule has 0 amide bonds. The van der Waals surface area contributed by atoms with Crippen LogP contribution in [0.2, 0.25) is 0 Å². The molecule has 4 aliphatic rings. The van der Waals surface area contributed by atoms with Gasteiger partial charge in [-0.3, -0.25) is 4.99 Å². The Balaban J connectivity index is 0.00000312. The van der Waals surface area contributed by atoms with E-state index in [9.17, 15) is 0 Å². The summed E-state index contributed by atoms with van der Waals surface area (Å²) in [5.74, 6) is 2.55. The summed E-state index contributed by atoms with van der Waals surface area (Å²) in [7, 11) is 0. The predicted octanol–water partition coefficient (Wildman–Crippen LogP) is 9.34. The normalized spacial score (nSPS) is 26.3. The molecule has 4 heterocycles. The second-order valence-corrected chi connectivity index (χ2v) is 14.8. The molecule has 9 rings (SSSR count). The van der Waals surface area contributed by atoms with E-state index in [0.717, 1.165) is 43.8 Å². The van der Waals surface area contributed by atoms with Crippen LogP contribution in [0.4, 0.5) is 0 Å². The Kier molecular flexibility index (Phi) is 6.44. The van der Waals surface area contributed by atoms with E-state index >= 15 is 0 Å². The minimum atomic E-state index is -0.474. The monoisotopic (exact) mass is 802 g/mol. The van der Waals surface area contributed by atoms with Crippen LogP contribution in [0.15, 0.2) is 93.8 Å². The molecule has 7 heteroatoms. The van der Waals surface area contributed by atoms with Crippen LogP contribution >= 0.6 is 11.8 Å². The van der Waals surface area contributed by atoms with Crippen LogP contribution in [0.5, 0.6) is 11.5 Å². The van der Waals surface area contributed by atoms with Gasteiger partial charge in [-0.05, 0) is 43.7 Å². The van der Waals surface area contributed by atoms with Gasteiger partial charge >= 0.3 is 21.1 Å². The molecular weight excluding hydrogens is 770 g/mol. The van der Waals surface area contributed by atoms with Gasteiger partial charge in [-0.1, -0.05) is 86.7 Å². The van der Waals surface area contributed by atoms with E-state index in [0.29, 0.717) is 23.3 Å². The van der Waals surface area contributed by atoms with Crippen molar-refractivity contribution in [3.8, 4) is 17.2 Å². The first kappa shape index (κ1) is 29.8. The quantitative estimate of drug-likeness (QED) is 0.168. The second kappa shape index (κ2) is 9.95. The van der Waals surface area contributed by atoms with Crippen molar-refractivity contribution >= 4 is 39.6 Å². The molecule has 1 saturated carbocycles. The molecule has 1 fully saturated rings. The molecule has 5 nitrogen and oxygen atoms in total. The molecule has 5 aromatic rings. The predicted molar refractivity (Wildman–Crippen MR) is 180 cm³/mol. The summed E-state index contributed by atoms with van der Waals surface area (Å²) >= 11 is 1.77. The fourth-order valence-electron chi connectivity index (χ4n) is 8.27. The number of benzene rings is 3. The summed E-state index contributed by atoms with van der Waals surface area (Å²) in [5.41, 5.74) is 4.93. The average Bonchev–Trinajstić information content (AvgIpc) is 3.55. The Labute approximate surface area is 288 Å². The fourth-order valence-corrected chi connectivity index (χ4v) is 9.43. The van der Waals surface area contributed by atoms with E-state index in [2.05, 4.69) is 119 Å². The number of aryl methyl sites for hydroxylation is 2. The van der Waals surface area contributed by atoms with Gasteiger partial charge < -0.3 is 14.0 Å². The van der Waals surface area contributed by atoms with Gasteiger partial charge in [0.1, 0.15) is 17.1 Å². The van der Waals surface area contributed by atoms with E-state index in [1.165, 1.54) is 10.3 Å². The number of ether oxygens (including phenoxy) is 2. The summed E-state index contributed by atoms with van der Waals surface area (Å²) in [6.07, 6.45) is 10.8. The Bertz CT molecular complexity index is 2210. The summed E-state index contributed by atoms with van der Waals surface area (Å²) in [6, 6.07) is 24.1. The molecule has 3 aromatic carbocycles. The van der Waals surface area contributed by atoms with E-state index in [1.807, 2.05) is 18.3 Å². The average molecular weight is 803 g/mol. The molecular formula is C39H33N3O2PtS. The number of aliphatic imine (C=N–C) groups is 1. The van der Waals surface area contributed by atoms with Crippen molar-refractivity contribution < 1.29 is 30.5 Å². The van der Waals surface area contributed by atoms with Gasteiger partial charge in [0.05, 0.1) is 11.1 Å². The minimum absolute atomic E-state index is 0. The first-order valence-electron chi connectivity index (χ1n) is 15.6. The smallest absolute Gasteiger partial charge is 0.511 e. The number of allylic oxidation sites excluding steroid dienone is 3. The number of nitrogens with zero attached hydrogens (tertiary/aromatic N) is 3. The zero-order valence-corrected chi connectivity index (χ0v) is 29.6. The Morgan fingerprint density at radius 2 is 1.70 bits per heavy atom. The van der Waals surface area contributed by atoms with E-state index < -0.39 is 11.1 Å². The molecule has 232 valence electrons. The van der Waals surface area contributed by atoms with Gasteiger partial charge in [-0.2, -0.15) is 17.8 Å². The fraction of sp³-hybridized carbons (Fsp3) is 0.282. The molecule has 2 unspecified atom stereocenters. The SMILES string of the molecule is Cc1cc(Oc2[c-]c3c(cc2C)Sc2cccc4c5cccnc5n-3c24)[c-]c(C2=N[C@]3(C)C4C=CC=CC4C(C)(C)[C@]3(C)O2)c1.[Pt+2]. The van der Waals surface area contributed by atoms with Crippen LogP contribution in [0.25, 0.3) is 27.6 Å². The van der Waals surface area contributed by atoms with Crippen molar-refractivity contribution in [2.24, 2.45) is 22.2 Å². The van der Waals surface area contributed by atoms with Gasteiger partial charge in [0.15, 0.2) is 0 Å². The van der Waals surface area contributed by atoms with Crippen molar-refractivity contribution in [2.75, 3.05) is 0 Å².